The van der Waals surface area contributed by atoms with Crippen molar-refractivity contribution < 1.29 is 4.79 Å². The molecule has 0 atom stereocenters. The van der Waals surface area contributed by atoms with Crippen LogP contribution in [0.4, 0.5) is 5.13 Å². The Kier molecular flexibility index (Phi) is 3.70. The SMILES string of the molecule is CC(=O)Nc1nc2ccc(Sc3nnc4ccc(C)cn34)cc2s1. The molecule has 0 aliphatic carbocycles. The molecule has 3 heterocycles. The van der Waals surface area contributed by atoms with Gasteiger partial charge in [-0.1, -0.05) is 17.4 Å². The third kappa shape index (κ3) is 2.85. The maximum absolute atomic E-state index is 11.2. The molecule has 0 spiro atoms. The first-order valence-corrected chi connectivity index (χ1v) is 8.89. The molecule has 1 amide bonds. The second-order valence-electron chi connectivity index (χ2n) is 5.35. The van der Waals surface area contributed by atoms with Crippen molar-refractivity contribution in [3.8, 4) is 0 Å². The molecule has 0 radical (unpaired) electrons. The Morgan fingerprint density at radius 2 is 2.12 bits per heavy atom. The smallest absolute Gasteiger partial charge is 0.223 e. The molecule has 8 heteroatoms. The van der Waals surface area contributed by atoms with Crippen molar-refractivity contribution in [2.75, 3.05) is 5.32 Å². The summed E-state index contributed by atoms with van der Waals surface area (Å²) in [6.07, 6.45) is 2.03. The number of fused-ring (bicyclic) bond motifs is 2. The van der Waals surface area contributed by atoms with Crippen LogP contribution >= 0.6 is 23.1 Å². The summed E-state index contributed by atoms with van der Waals surface area (Å²) in [7, 11) is 0. The van der Waals surface area contributed by atoms with Crippen molar-refractivity contribution in [1.82, 2.24) is 19.6 Å². The highest BCUT2D eigenvalue weighted by Gasteiger charge is 2.10. The van der Waals surface area contributed by atoms with Gasteiger partial charge in [0.05, 0.1) is 10.2 Å². The first kappa shape index (κ1) is 15.1. The molecule has 0 bridgehead atoms. The number of carbonyl (C=O) groups is 1. The highest BCUT2D eigenvalue weighted by molar-refractivity contribution is 7.99. The number of anilines is 1. The first-order valence-electron chi connectivity index (χ1n) is 7.26. The van der Waals surface area contributed by atoms with E-state index in [2.05, 4.69) is 26.6 Å². The molecule has 4 rings (SSSR count). The summed E-state index contributed by atoms with van der Waals surface area (Å²) in [5.74, 6) is -0.117. The summed E-state index contributed by atoms with van der Waals surface area (Å²) in [5.41, 5.74) is 2.85. The van der Waals surface area contributed by atoms with Crippen LogP contribution in [0.1, 0.15) is 12.5 Å². The topological polar surface area (TPSA) is 72.2 Å². The molecule has 3 aromatic heterocycles. The minimum Gasteiger partial charge on any atom is -0.302 e. The number of benzene rings is 1. The summed E-state index contributed by atoms with van der Waals surface area (Å²) < 4.78 is 3.01. The molecular formula is C16H13N5OS2. The van der Waals surface area contributed by atoms with Gasteiger partial charge in [0.2, 0.25) is 5.91 Å². The summed E-state index contributed by atoms with van der Waals surface area (Å²) in [6.45, 7) is 3.52. The van der Waals surface area contributed by atoms with Gasteiger partial charge in [-0.05, 0) is 48.5 Å². The number of carbonyl (C=O) groups excluding carboxylic acids is 1. The number of nitrogens with zero attached hydrogens (tertiary/aromatic N) is 4. The molecule has 24 heavy (non-hydrogen) atoms. The lowest BCUT2D eigenvalue weighted by Crippen LogP contribution is -2.04. The summed E-state index contributed by atoms with van der Waals surface area (Å²) in [4.78, 5) is 16.6. The molecule has 0 fully saturated rings. The van der Waals surface area contributed by atoms with E-state index in [1.807, 2.05) is 41.8 Å². The van der Waals surface area contributed by atoms with Crippen molar-refractivity contribution in [3.05, 3.63) is 42.1 Å². The van der Waals surface area contributed by atoms with Crippen LogP contribution in [0.3, 0.4) is 0 Å². The quantitative estimate of drug-likeness (QED) is 0.606. The molecule has 0 aliphatic heterocycles. The lowest BCUT2D eigenvalue weighted by Gasteiger charge is -2.01. The van der Waals surface area contributed by atoms with E-state index in [-0.39, 0.29) is 5.91 Å². The minimum atomic E-state index is -0.117. The summed E-state index contributed by atoms with van der Waals surface area (Å²) in [5, 5.41) is 12.6. The normalized spacial score (nSPS) is 11.2. The summed E-state index contributed by atoms with van der Waals surface area (Å²) in [6, 6.07) is 9.98. The van der Waals surface area contributed by atoms with E-state index in [4.69, 9.17) is 0 Å². The van der Waals surface area contributed by atoms with Gasteiger partial charge in [0.25, 0.3) is 0 Å². The van der Waals surface area contributed by atoms with Gasteiger partial charge in [0.1, 0.15) is 0 Å². The zero-order valence-corrected chi connectivity index (χ0v) is 14.6. The standard InChI is InChI=1S/C16H13N5OS2/c1-9-3-6-14-19-20-16(21(14)8-9)23-11-4-5-12-13(7-11)24-15(18-12)17-10(2)22/h3-8H,1-2H3,(H,17,18,22). The Hall–Kier alpha value is -2.45. The van der Waals surface area contributed by atoms with Crippen LogP contribution < -0.4 is 5.32 Å². The fourth-order valence-corrected chi connectivity index (χ4v) is 4.20. The zero-order chi connectivity index (χ0) is 16.7. The van der Waals surface area contributed by atoms with Gasteiger partial charge in [0, 0.05) is 18.0 Å². The molecule has 0 saturated heterocycles. The molecule has 6 nitrogen and oxygen atoms in total. The predicted octanol–water partition coefficient (Wildman–Crippen LogP) is 3.76. The predicted molar refractivity (Wildman–Crippen MR) is 95.8 cm³/mol. The van der Waals surface area contributed by atoms with E-state index in [1.54, 1.807) is 11.8 Å². The monoisotopic (exact) mass is 355 g/mol. The van der Waals surface area contributed by atoms with Crippen molar-refractivity contribution in [1.29, 1.82) is 0 Å². The minimum absolute atomic E-state index is 0.117. The van der Waals surface area contributed by atoms with E-state index in [0.717, 1.165) is 31.5 Å². The number of amides is 1. The Labute approximate surface area is 145 Å². The van der Waals surface area contributed by atoms with E-state index >= 15 is 0 Å². The van der Waals surface area contributed by atoms with Crippen LogP contribution in [-0.4, -0.2) is 25.5 Å². The average Bonchev–Trinajstić information content (AvgIpc) is 3.10. The van der Waals surface area contributed by atoms with Crippen molar-refractivity contribution in [2.45, 2.75) is 23.9 Å². The van der Waals surface area contributed by atoms with E-state index in [1.165, 1.54) is 18.3 Å². The second kappa shape index (κ2) is 5.88. The average molecular weight is 355 g/mol. The molecule has 0 saturated carbocycles. The molecule has 120 valence electrons. The van der Waals surface area contributed by atoms with Crippen LogP contribution in [0.5, 0.6) is 0 Å². The lowest BCUT2D eigenvalue weighted by atomic mass is 10.3. The molecule has 1 N–H and O–H groups in total. The Morgan fingerprint density at radius 3 is 2.96 bits per heavy atom. The first-order chi connectivity index (χ1) is 11.6. The zero-order valence-electron chi connectivity index (χ0n) is 13.0. The van der Waals surface area contributed by atoms with E-state index in [0.29, 0.717) is 5.13 Å². The number of aryl methyl sites for hydroxylation is 1. The number of nitrogens with one attached hydrogen (secondary N) is 1. The molecule has 0 unspecified atom stereocenters. The van der Waals surface area contributed by atoms with E-state index in [9.17, 15) is 4.79 Å². The highest BCUT2D eigenvalue weighted by Crippen LogP contribution is 2.33. The Bertz CT molecular complexity index is 1070. The van der Waals surface area contributed by atoms with Crippen LogP contribution in [-0.2, 0) is 4.79 Å². The van der Waals surface area contributed by atoms with Crippen LogP contribution in [0.25, 0.3) is 15.9 Å². The van der Waals surface area contributed by atoms with Crippen LogP contribution in [0.15, 0.2) is 46.6 Å². The molecule has 4 aromatic rings. The number of aromatic nitrogens is 4. The fourth-order valence-electron chi connectivity index (χ4n) is 2.32. The van der Waals surface area contributed by atoms with Gasteiger partial charge in [-0.2, -0.15) is 0 Å². The summed E-state index contributed by atoms with van der Waals surface area (Å²) >= 11 is 3.01. The highest BCUT2D eigenvalue weighted by atomic mass is 32.2. The van der Waals surface area contributed by atoms with Crippen molar-refractivity contribution in [2.24, 2.45) is 0 Å². The molecule has 1 aromatic carbocycles. The van der Waals surface area contributed by atoms with Gasteiger partial charge in [-0.3, -0.25) is 9.20 Å². The van der Waals surface area contributed by atoms with Gasteiger partial charge < -0.3 is 5.32 Å². The largest absolute Gasteiger partial charge is 0.302 e. The van der Waals surface area contributed by atoms with Gasteiger partial charge >= 0.3 is 0 Å². The van der Waals surface area contributed by atoms with Crippen molar-refractivity contribution >= 4 is 50.0 Å². The third-order valence-corrected chi connectivity index (χ3v) is 5.26. The Balaban J connectivity index is 1.68. The van der Waals surface area contributed by atoms with Crippen LogP contribution in [0.2, 0.25) is 0 Å². The Morgan fingerprint density at radius 1 is 1.25 bits per heavy atom. The lowest BCUT2D eigenvalue weighted by molar-refractivity contribution is -0.114. The number of hydrogen-bond acceptors (Lipinski definition) is 6. The van der Waals surface area contributed by atoms with Crippen LogP contribution in [0, 0.1) is 6.92 Å². The number of rotatable bonds is 3. The second-order valence-corrected chi connectivity index (χ2v) is 7.42. The van der Waals surface area contributed by atoms with Gasteiger partial charge in [-0.25, -0.2) is 4.98 Å². The number of hydrogen-bond donors (Lipinski definition) is 1. The third-order valence-electron chi connectivity index (χ3n) is 3.37. The fraction of sp³-hybridized carbons (Fsp3) is 0.125. The van der Waals surface area contributed by atoms with Gasteiger partial charge in [0.15, 0.2) is 15.9 Å². The van der Waals surface area contributed by atoms with E-state index < -0.39 is 0 Å². The maximum atomic E-state index is 11.2. The molecular weight excluding hydrogens is 342 g/mol. The van der Waals surface area contributed by atoms with Gasteiger partial charge in [-0.15, -0.1) is 10.2 Å². The number of pyridine rings is 1. The molecule has 0 aliphatic rings. The number of thiazole rings is 1. The van der Waals surface area contributed by atoms with Crippen molar-refractivity contribution in [3.63, 3.8) is 0 Å². The maximum Gasteiger partial charge on any atom is 0.223 e.